The van der Waals surface area contributed by atoms with Crippen LogP contribution >= 0.6 is 0 Å². The molecule has 2 nitrogen and oxygen atoms in total. The van der Waals surface area contributed by atoms with E-state index in [-0.39, 0.29) is 11.5 Å². The van der Waals surface area contributed by atoms with E-state index in [1.54, 1.807) is 0 Å². The van der Waals surface area contributed by atoms with Gasteiger partial charge in [-0.05, 0) is 32.2 Å². The van der Waals surface area contributed by atoms with Gasteiger partial charge in [-0.1, -0.05) is 34.6 Å². The second-order valence-corrected chi connectivity index (χ2v) is 5.81. The van der Waals surface area contributed by atoms with E-state index in [1.165, 1.54) is 12.8 Å². The number of nitrogens with zero attached hydrogens (tertiary/aromatic N) is 1. The Morgan fingerprint density at radius 2 is 1.53 bits per heavy atom. The van der Waals surface area contributed by atoms with Crippen molar-refractivity contribution >= 4 is 0 Å². The van der Waals surface area contributed by atoms with Crippen LogP contribution < -0.4 is 5.73 Å². The van der Waals surface area contributed by atoms with Crippen molar-refractivity contribution in [2.24, 2.45) is 11.1 Å². The van der Waals surface area contributed by atoms with Crippen molar-refractivity contribution in [1.82, 2.24) is 4.90 Å². The molecule has 2 N–H and O–H groups in total. The molecule has 0 heterocycles. The molecule has 0 aromatic heterocycles. The summed E-state index contributed by atoms with van der Waals surface area (Å²) in [6.45, 7) is 13.5. The molecule has 0 saturated carbocycles. The van der Waals surface area contributed by atoms with Gasteiger partial charge in [0.1, 0.15) is 0 Å². The van der Waals surface area contributed by atoms with Crippen molar-refractivity contribution < 1.29 is 0 Å². The fraction of sp³-hybridized carbons (Fsp3) is 1.00. The summed E-state index contributed by atoms with van der Waals surface area (Å²) in [5.41, 5.74) is 6.37. The zero-order chi connectivity index (χ0) is 12.2. The molecule has 0 bridgehead atoms. The van der Waals surface area contributed by atoms with E-state index < -0.39 is 0 Å². The van der Waals surface area contributed by atoms with Gasteiger partial charge >= 0.3 is 0 Å². The molecule has 0 aromatic carbocycles. The summed E-state index contributed by atoms with van der Waals surface area (Å²) >= 11 is 0. The lowest BCUT2D eigenvalue weighted by Crippen LogP contribution is -2.55. The molecule has 0 rings (SSSR count). The Bertz CT molecular complexity index is 166. The number of likely N-dealkylation sites (N-methyl/N-ethyl adjacent to an activating group) is 1. The summed E-state index contributed by atoms with van der Waals surface area (Å²) in [5.74, 6) is 0. The lowest BCUT2D eigenvalue weighted by Gasteiger charge is -2.44. The molecule has 2 atom stereocenters. The normalized spacial score (nSPS) is 17.2. The monoisotopic (exact) mass is 214 g/mol. The van der Waals surface area contributed by atoms with E-state index in [4.69, 9.17) is 5.73 Å². The average Bonchev–Trinajstić information content (AvgIpc) is 2.02. The number of hydrogen-bond acceptors (Lipinski definition) is 2. The second-order valence-electron chi connectivity index (χ2n) is 5.81. The maximum atomic E-state index is 6.13. The molecule has 0 amide bonds. The number of rotatable bonds is 5. The van der Waals surface area contributed by atoms with E-state index in [1.807, 2.05) is 0 Å². The van der Waals surface area contributed by atoms with Crippen molar-refractivity contribution in [2.45, 2.75) is 72.5 Å². The third-order valence-corrected chi connectivity index (χ3v) is 3.34. The minimum atomic E-state index is 0.218. The Hall–Kier alpha value is -0.0800. The zero-order valence-electron chi connectivity index (χ0n) is 11.7. The van der Waals surface area contributed by atoms with Crippen LogP contribution in [0.25, 0.3) is 0 Å². The van der Waals surface area contributed by atoms with Gasteiger partial charge in [0.25, 0.3) is 0 Å². The van der Waals surface area contributed by atoms with Crippen LogP contribution in [0, 0.1) is 5.41 Å². The second kappa shape index (κ2) is 5.86. The maximum Gasteiger partial charge on any atom is 0.0292 e. The number of nitrogens with two attached hydrogens (primary N) is 1. The van der Waals surface area contributed by atoms with Crippen LogP contribution in [0.2, 0.25) is 0 Å². The molecule has 0 spiro atoms. The molecule has 0 aliphatic heterocycles. The molecule has 0 radical (unpaired) electrons. The fourth-order valence-corrected chi connectivity index (χ4v) is 2.86. The lowest BCUT2D eigenvalue weighted by atomic mass is 9.81. The van der Waals surface area contributed by atoms with Crippen molar-refractivity contribution in [2.75, 3.05) is 7.05 Å². The zero-order valence-corrected chi connectivity index (χ0v) is 11.7. The molecule has 15 heavy (non-hydrogen) atoms. The third kappa shape index (κ3) is 4.12. The standard InChI is InChI=1S/C13H30N2/c1-8-11(9-2)15(7)12(10(3)14)13(4,5)6/h10-12H,8-9,14H2,1-7H3. The Morgan fingerprint density at radius 3 is 1.73 bits per heavy atom. The van der Waals surface area contributed by atoms with Gasteiger partial charge in [0.15, 0.2) is 0 Å². The smallest absolute Gasteiger partial charge is 0.0292 e. The summed E-state index contributed by atoms with van der Waals surface area (Å²) < 4.78 is 0. The predicted octanol–water partition coefficient (Wildman–Crippen LogP) is 2.87. The topological polar surface area (TPSA) is 29.3 Å². The highest BCUT2D eigenvalue weighted by Gasteiger charge is 2.33. The van der Waals surface area contributed by atoms with E-state index in [2.05, 4.69) is 53.5 Å². The highest BCUT2D eigenvalue weighted by atomic mass is 15.2. The van der Waals surface area contributed by atoms with Gasteiger partial charge in [0.2, 0.25) is 0 Å². The Labute approximate surface area is 96.2 Å². The van der Waals surface area contributed by atoms with E-state index >= 15 is 0 Å². The van der Waals surface area contributed by atoms with Crippen LogP contribution in [0.3, 0.4) is 0 Å². The first-order chi connectivity index (χ1) is 6.75. The van der Waals surface area contributed by atoms with E-state index in [9.17, 15) is 0 Å². The minimum absolute atomic E-state index is 0.218. The highest BCUT2D eigenvalue weighted by Crippen LogP contribution is 2.28. The first kappa shape index (κ1) is 14.9. The summed E-state index contributed by atoms with van der Waals surface area (Å²) in [4.78, 5) is 2.48. The van der Waals surface area contributed by atoms with Crippen molar-refractivity contribution in [1.29, 1.82) is 0 Å². The van der Waals surface area contributed by atoms with Gasteiger partial charge in [-0.2, -0.15) is 0 Å². The van der Waals surface area contributed by atoms with Crippen LogP contribution in [0.4, 0.5) is 0 Å². The van der Waals surface area contributed by atoms with Crippen LogP contribution in [-0.2, 0) is 0 Å². The number of hydrogen-bond donors (Lipinski definition) is 1. The minimum Gasteiger partial charge on any atom is -0.327 e. The molecule has 2 heteroatoms. The third-order valence-electron chi connectivity index (χ3n) is 3.34. The summed E-state index contributed by atoms with van der Waals surface area (Å²) in [5, 5.41) is 0. The lowest BCUT2D eigenvalue weighted by molar-refractivity contribution is 0.0648. The first-order valence-electron chi connectivity index (χ1n) is 6.23. The Balaban J connectivity index is 4.77. The van der Waals surface area contributed by atoms with Gasteiger partial charge in [0, 0.05) is 18.1 Å². The molecule has 2 unspecified atom stereocenters. The summed E-state index contributed by atoms with van der Waals surface area (Å²) in [7, 11) is 2.22. The molecule has 0 aliphatic carbocycles. The maximum absolute atomic E-state index is 6.13. The van der Waals surface area contributed by atoms with Crippen molar-refractivity contribution in [3.63, 3.8) is 0 Å². The highest BCUT2D eigenvalue weighted by molar-refractivity contribution is 4.90. The summed E-state index contributed by atoms with van der Waals surface area (Å²) in [6.07, 6.45) is 2.40. The first-order valence-corrected chi connectivity index (χ1v) is 6.23. The van der Waals surface area contributed by atoms with Gasteiger partial charge < -0.3 is 5.73 Å². The van der Waals surface area contributed by atoms with Crippen LogP contribution in [0.5, 0.6) is 0 Å². The van der Waals surface area contributed by atoms with Crippen LogP contribution in [-0.4, -0.2) is 30.1 Å². The van der Waals surface area contributed by atoms with Gasteiger partial charge in [-0.3, -0.25) is 4.90 Å². The van der Waals surface area contributed by atoms with E-state index in [0.29, 0.717) is 12.1 Å². The van der Waals surface area contributed by atoms with Crippen LogP contribution in [0.1, 0.15) is 54.4 Å². The molecule has 0 aromatic rings. The molecule has 0 fully saturated rings. The Kier molecular flexibility index (Phi) is 5.82. The molecular weight excluding hydrogens is 184 g/mol. The largest absolute Gasteiger partial charge is 0.327 e. The molecule has 0 saturated heterocycles. The van der Waals surface area contributed by atoms with Crippen molar-refractivity contribution in [3.8, 4) is 0 Å². The van der Waals surface area contributed by atoms with E-state index in [0.717, 1.165) is 0 Å². The molecule has 0 aliphatic rings. The quantitative estimate of drug-likeness (QED) is 0.762. The predicted molar refractivity (Wildman–Crippen MR) is 69.0 cm³/mol. The Morgan fingerprint density at radius 1 is 1.13 bits per heavy atom. The average molecular weight is 214 g/mol. The fourth-order valence-electron chi connectivity index (χ4n) is 2.86. The SMILES string of the molecule is CCC(CC)N(C)C(C(C)N)C(C)(C)C. The molecular formula is C13H30N2. The van der Waals surface area contributed by atoms with Gasteiger partial charge in [0.05, 0.1) is 0 Å². The van der Waals surface area contributed by atoms with Gasteiger partial charge in [-0.15, -0.1) is 0 Å². The van der Waals surface area contributed by atoms with Gasteiger partial charge in [-0.25, -0.2) is 0 Å². The van der Waals surface area contributed by atoms with Crippen molar-refractivity contribution in [3.05, 3.63) is 0 Å². The van der Waals surface area contributed by atoms with Crippen LogP contribution in [0.15, 0.2) is 0 Å². The molecule has 92 valence electrons. The summed E-state index contributed by atoms with van der Waals surface area (Å²) in [6, 6.07) is 1.32.